The van der Waals surface area contributed by atoms with E-state index in [4.69, 9.17) is 15.5 Å². The fourth-order valence-corrected chi connectivity index (χ4v) is 8.98. The molecule has 4 aliphatic rings. The van der Waals surface area contributed by atoms with E-state index in [2.05, 4.69) is 31.9 Å². The molecule has 0 radical (unpaired) electrons. The second kappa shape index (κ2) is 9.15. The monoisotopic (exact) mass is 541 g/mol. The Morgan fingerprint density at radius 2 is 2.14 bits per heavy atom. The first-order chi connectivity index (χ1) is 17.9. The highest BCUT2D eigenvalue weighted by Crippen LogP contribution is 2.57. The molecule has 13 heteroatoms. The Balaban J connectivity index is 1.27. The Labute approximate surface area is 223 Å². The van der Waals surface area contributed by atoms with Gasteiger partial charge in [-0.25, -0.2) is 4.39 Å². The topological polar surface area (TPSA) is 131 Å². The number of hydrogen-bond donors (Lipinski definition) is 1. The minimum Gasteiger partial charge on any atom is -0.461 e. The number of thioether (sulfide) groups is 1. The maximum atomic E-state index is 14.2. The maximum Gasteiger partial charge on any atom is 0.323 e. The van der Waals surface area contributed by atoms with Crippen molar-refractivity contribution in [2.75, 3.05) is 61.4 Å². The fraction of sp³-hybridized carbons (Fsp3) is 0.625. The number of aromatic nitrogens is 3. The highest BCUT2D eigenvalue weighted by atomic mass is 32.2. The van der Waals surface area contributed by atoms with Gasteiger partial charge in [0, 0.05) is 48.8 Å². The summed E-state index contributed by atoms with van der Waals surface area (Å²) in [6.45, 7) is 5.59. The van der Waals surface area contributed by atoms with Gasteiger partial charge >= 0.3 is 6.01 Å². The first-order valence-corrected chi connectivity index (χ1v) is 14.3. The number of nitrogens with zero attached hydrogens (tertiary/aromatic N) is 8. The number of hydrogen-bond acceptors (Lipinski definition) is 12. The van der Waals surface area contributed by atoms with Gasteiger partial charge in [-0.2, -0.15) is 25.5 Å². The van der Waals surface area contributed by atoms with Gasteiger partial charge in [0.05, 0.1) is 21.9 Å². The Kier molecular flexibility index (Phi) is 6.05. The molecule has 37 heavy (non-hydrogen) atoms. The zero-order chi connectivity index (χ0) is 25.8. The van der Waals surface area contributed by atoms with Crippen LogP contribution in [0.4, 0.5) is 21.3 Å². The van der Waals surface area contributed by atoms with Crippen LogP contribution in [0, 0.1) is 22.7 Å². The van der Waals surface area contributed by atoms with E-state index in [1.165, 1.54) is 16.2 Å². The molecule has 6 rings (SSSR count). The molecule has 1 spiro atoms. The van der Waals surface area contributed by atoms with E-state index in [0.29, 0.717) is 61.7 Å². The second-order valence-electron chi connectivity index (χ2n) is 10.1. The van der Waals surface area contributed by atoms with Crippen molar-refractivity contribution in [3.8, 4) is 18.1 Å². The van der Waals surface area contributed by atoms with E-state index in [9.17, 15) is 14.9 Å². The zero-order valence-corrected chi connectivity index (χ0v) is 22.2. The number of ether oxygens (including phenoxy) is 1. The van der Waals surface area contributed by atoms with Crippen molar-refractivity contribution < 1.29 is 9.13 Å². The van der Waals surface area contributed by atoms with Gasteiger partial charge in [-0.15, -0.1) is 23.1 Å². The molecule has 0 bridgehead atoms. The molecular formula is C24H28FN9OS2. The summed E-state index contributed by atoms with van der Waals surface area (Å²) in [5.74, 6) is 1.71. The molecule has 10 nitrogen and oxygen atoms in total. The van der Waals surface area contributed by atoms with Crippen LogP contribution < -0.4 is 20.3 Å². The van der Waals surface area contributed by atoms with Gasteiger partial charge in [0.25, 0.3) is 0 Å². The maximum absolute atomic E-state index is 14.2. The fourth-order valence-electron chi connectivity index (χ4n) is 6.17. The normalized spacial score (nSPS) is 25.4. The Bertz CT molecular complexity index is 1300. The molecule has 2 aromatic rings. The van der Waals surface area contributed by atoms with E-state index in [0.717, 1.165) is 30.7 Å². The highest BCUT2D eigenvalue weighted by molar-refractivity contribution is 8.00. The van der Waals surface area contributed by atoms with Crippen LogP contribution >= 0.6 is 23.1 Å². The standard InChI is InChI=1S/C24H28FN9OS2/c1-2-32(7-5-26)20-29-21(31-22(30-20)35-14-23-4-3-6-34(23)10-15(25)8-23)33-12-24(13-33)18-16(9-27)19(28)37-17(18)11-36-24/h15H,2-4,6-8,10-14,28H2,1H3/t15-,23+/m1/s1. The molecule has 4 aliphatic heterocycles. The summed E-state index contributed by atoms with van der Waals surface area (Å²) < 4.78 is 20.2. The van der Waals surface area contributed by atoms with Gasteiger partial charge in [-0.05, 0) is 26.3 Å². The SMILES string of the molecule is CCN(CC#N)c1nc(OC[C@@]23CCCN2C[C@H](F)C3)nc(N2CC3(C2)SCc2sc(N)c(C#N)c23)n1. The quantitative estimate of drug-likeness (QED) is 0.519. The van der Waals surface area contributed by atoms with Crippen LogP contribution in [0.3, 0.4) is 0 Å². The van der Waals surface area contributed by atoms with Gasteiger partial charge in [0.2, 0.25) is 11.9 Å². The van der Waals surface area contributed by atoms with Crippen molar-refractivity contribution in [2.45, 2.75) is 48.4 Å². The molecule has 2 N–H and O–H groups in total. The average molecular weight is 542 g/mol. The van der Waals surface area contributed by atoms with Crippen LogP contribution in [0.25, 0.3) is 0 Å². The Morgan fingerprint density at radius 3 is 2.89 bits per heavy atom. The molecule has 0 unspecified atom stereocenters. The third-order valence-corrected chi connectivity index (χ3v) is 10.6. The second-order valence-corrected chi connectivity index (χ2v) is 12.6. The van der Waals surface area contributed by atoms with E-state index in [1.54, 1.807) is 4.90 Å². The summed E-state index contributed by atoms with van der Waals surface area (Å²) >= 11 is 3.34. The van der Waals surface area contributed by atoms with Crippen molar-refractivity contribution in [3.05, 3.63) is 16.0 Å². The molecular weight excluding hydrogens is 513 g/mol. The largest absolute Gasteiger partial charge is 0.461 e. The number of rotatable bonds is 7. The summed E-state index contributed by atoms with van der Waals surface area (Å²) in [6, 6.07) is 4.66. The van der Waals surface area contributed by atoms with Crippen molar-refractivity contribution in [1.82, 2.24) is 19.9 Å². The van der Waals surface area contributed by atoms with Crippen molar-refractivity contribution >= 4 is 40.0 Å². The summed E-state index contributed by atoms with van der Waals surface area (Å²) in [5, 5.41) is 19.6. The minimum absolute atomic E-state index is 0.142. The zero-order valence-electron chi connectivity index (χ0n) is 20.6. The number of fused-ring (bicyclic) bond motifs is 3. The lowest BCUT2D eigenvalue weighted by Crippen LogP contribution is -2.57. The first-order valence-electron chi connectivity index (χ1n) is 12.5. The molecule has 2 atom stereocenters. The summed E-state index contributed by atoms with van der Waals surface area (Å²) in [4.78, 5) is 21.1. The van der Waals surface area contributed by atoms with Gasteiger partial charge in [-0.3, -0.25) is 4.90 Å². The van der Waals surface area contributed by atoms with E-state index >= 15 is 0 Å². The van der Waals surface area contributed by atoms with E-state index in [1.807, 2.05) is 18.7 Å². The smallest absolute Gasteiger partial charge is 0.323 e. The van der Waals surface area contributed by atoms with Crippen molar-refractivity contribution in [3.63, 3.8) is 0 Å². The number of nitrogens with two attached hydrogens (primary N) is 1. The molecule has 0 aromatic carbocycles. The van der Waals surface area contributed by atoms with Crippen LogP contribution in [0.5, 0.6) is 6.01 Å². The van der Waals surface area contributed by atoms with E-state index in [-0.39, 0.29) is 22.8 Å². The van der Waals surface area contributed by atoms with E-state index < -0.39 is 6.17 Å². The summed E-state index contributed by atoms with van der Waals surface area (Å²) in [6.07, 6.45) is 1.55. The highest BCUT2D eigenvalue weighted by Gasteiger charge is 2.53. The first kappa shape index (κ1) is 24.5. The molecule has 6 heterocycles. The van der Waals surface area contributed by atoms with Gasteiger partial charge in [-0.1, -0.05) is 0 Å². The number of nitriles is 2. The average Bonchev–Trinajstić information content (AvgIpc) is 3.58. The summed E-state index contributed by atoms with van der Waals surface area (Å²) in [5.41, 5.74) is 7.47. The molecule has 0 amide bonds. The Morgan fingerprint density at radius 1 is 1.30 bits per heavy atom. The Hall–Kier alpha value is -2.87. The van der Waals surface area contributed by atoms with Crippen LogP contribution in [0.15, 0.2) is 0 Å². The molecule has 194 valence electrons. The van der Waals surface area contributed by atoms with Crippen molar-refractivity contribution in [2.24, 2.45) is 0 Å². The lowest BCUT2D eigenvalue weighted by Gasteiger charge is -2.47. The molecule has 0 aliphatic carbocycles. The van der Waals surface area contributed by atoms with Crippen molar-refractivity contribution in [1.29, 1.82) is 10.5 Å². The minimum atomic E-state index is -0.838. The molecule has 3 fully saturated rings. The number of alkyl halides is 1. The van der Waals surface area contributed by atoms with Gasteiger partial charge in [0.15, 0.2) is 0 Å². The van der Waals surface area contributed by atoms with Crippen LogP contribution in [0.1, 0.15) is 42.2 Å². The lowest BCUT2D eigenvalue weighted by atomic mass is 9.88. The summed E-state index contributed by atoms with van der Waals surface area (Å²) in [7, 11) is 0. The predicted octanol–water partition coefficient (Wildman–Crippen LogP) is 2.65. The number of anilines is 3. The van der Waals surface area contributed by atoms with Gasteiger partial charge < -0.3 is 20.3 Å². The lowest BCUT2D eigenvalue weighted by molar-refractivity contribution is 0.107. The number of thiophene rings is 1. The van der Waals surface area contributed by atoms with Crippen LogP contribution in [-0.4, -0.2) is 77.4 Å². The number of nitrogen functional groups attached to an aromatic ring is 1. The molecule has 0 saturated carbocycles. The molecule has 2 aromatic heterocycles. The third kappa shape index (κ3) is 3.95. The predicted molar refractivity (Wildman–Crippen MR) is 141 cm³/mol. The van der Waals surface area contributed by atoms with Gasteiger partial charge in [0.1, 0.15) is 30.4 Å². The van der Waals surface area contributed by atoms with Crippen LogP contribution in [-0.2, 0) is 10.5 Å². The van der Waals surface area contributed by atoms with Crippen LogP contribution in [0.2, 0.25) is 0 Å². The molecule has 3 saturated heterocycles. The number of halogens is 1. The third-order valence-electron chi connectivity index (χ3n) is 7.98.